The van der Waals surface area contributed by atoms with Crippen LogP contribution in [0.3, 0.4) is 0 Å². The highest BCUT2D eigenvalue weighted by Crippen LogP contribution is 2.37. The molecule has 0 saturated carbocycles. The molecule has 21 heavy (non-hydrogen) atoms. The van der Waals surface area contributed by atoms with Gasteiger partial charge in [-0.05, 0) is 31.0 Å². The normalized spacial score (nSPS) is 18.3. The Morgan fingerprint density at radius 2 is 2.14 bits per heavy atom. The summed E-state index contributed by atoms with van der Waals surface area (Å²) in [5, 5.41) is 0.367. The Kier molecular flexibility index (Phi) is 4.17. The van der Waals surface area contributed by atoms with Gasteiger partial charge in [-0.3, -0.25) is 0 Å². The second-order valence-corrected chi connectivity index (χ2v) is 6.68. The molecule has 0 radical (unpaired) electrons. The van der Waals surface area contributed by atoms with E-state index in [0.29, 0.717) is 17.6 Å². The lowest BCUT2D eigenvalue weighted by molar-refractivity contribution is 0.311. The zero-order valence-electron chi connectivity index (χ0n) is 11.9. The first-order chi connectivity index (χ1) is 10.1. The highest BCUT2D eigenvalue weighted by Gasteiger charge is 2.22. The van der Waals surface area contributed by atoms with Gasteiger partial charge < -0.3 is 10.5 Å². The largest absolute Gasteiger partial charge is 0.492 e. The third-order valence-electron chi connectivity index (χ3n) is 3.60. The summed E-state index contributed by atoms with van der Waals surface area (Å²) in [5.41, 5.74) is 8.12. The van der Waals surface area contributed by atoms with Crippen LogP contribution in [0.4, 0.5) is 4.39 Å². The van der Waals surface area contributed by atoms with Crippen molar-refractivity contribution in [2.45, 2.75) is 29.5 Å². The van der Waals surface area contributed by atoms with E-state index in [1.807, 2.05) is 18.7 Å². The molecule has 1 heterocycles. The Morgan fingerprint density at radius 3 is 2.90 bits per heavy atom. The quantitative estimate of drug-likeness (QED) is 0.929. The van der Waals surface area contributed by atoms with Gasteiger partial charge in [-0.25, -0.2) is 4.39 Å². The molecule has 110 valence electrons. The number of hydrogen-bond acceptors (Lipinski definition) is 3. The summed E-state index contributed by atoms with van der Waals surface area (Å²) in [6, 6.07) is 12.8. The van der Waals surface area contributed by atoms with Gasteiger partial charge >= 0.3 is 0 Å². The van der Waals surface area contributed by atoms with E-state index < -0.39 is 0 Å². The van der Waals surface area contributed by atoms with Crippen molar-refractivity contribution in [1.29, 1.82) is 0 Å². The Balaban J connectivity index is 1.68. The van der Waals surface area contributed by atoms with Gasteiger partial charge in [-0.2, -0.15) is 0 Å². The molecule has 1 aliphatic heterocycles. The van der Waals surface area contributed by atoms with E-state index in [0.717, 1.165) is 12.0 Å². The third kappa shape index (κ3) is 3.22. The van der Waals surface area contributed by atoms with Gasteiger partial charge in [0.15, 0.2) is 0 Å². The van der Waals surface area contributed by atoms with Crippen LogP contribution in [0, 0.1) is 5.82 Å². The molecule has 2 nitrogen and oxygen atoms in total. The van der Waals surface area contributed by atoms with Crippen molar-refractivity contribution >= 4 is 11.8 Å². The molecule has 0 aromatic heterocycles. The molecule has 3 rings (SSSR count). The summed E-state index contributed by atoms with van der Waals surface area (Å²) in [5.74, 6) is 0.262. The topological polar surface area (TPSA) is 35.2 Å². The summed E-state index contributed by atoms with van der Waals surface area (Å²) in [7, 11) is 0. The summed E-state index contributed by atoms with van der Waals surface area (Å²) in [4.78, 5) is 1.32. The lowest BCUT2D eigenvalue weighted by Crippen LogP contribution is -2.16. The molecule has 2 unspecified atom stereocenters. The summed E-state index contributed by atoms with van der Waals surface area (Å²) >= 11 is 1.82. The summed E-state index contributed by atoms with van der Waals surface area (Å²) in [6.07, 6.45) is 0.990. The van der Waals surface area contributed by atoms with E-state index in [4.69, 9.17) is 10.5 Å². The predicted octanol–water partition coefficient (Wildman–Crippen LogP) is 3.94. The van der Waals surface area contributed by atoms with Gasteiger partial charge in [0.1, 0.15) is 18.2 Å². The van der Waals surface area contributed by atoms with Gasteiger partial charge in [-0.1, -0.05) is 24.3 Å². The number of benzene rings is 2. The van der Waals surface area contributed by atoms with Crippen LogP contribution in [0.15, 0.2) is 47.4 Å². The maximum atomic E-state index is 13.4. The monoisotopic (exact) mass is 303 g/mol. The molecule has 2 aromatic rings. The van der Waals surface area contributed by atoms with Crippen LogP contribution >= 0.6 is 11.8 Å². The average molecular weight is 303 g/mol. The van der Waals surface area contributed by atoms with Crippen molar-refractivity contribution < 1.29 is 9.13 Å². The van der Waals surface area contributed by atoms with Gasteiger partial charge in [0.2, 0.25) is 0 Å². The zero-order chi connectivity index (χ0) is 14.8. The Labute approximate surface area is 128 Å². The van der Waals surface area contributed by atoms with E-state index in [-0.39, 0.29) is 11.9 Å². The average Bonchev–Trinajstić information content (AvgIpc) is 2.87. The number of thioether (sulfide) groups is 1. The minimum atomic E-state index is -0.295. The van der Waals surface area contributed by atoms with Crippen LogP contribution < -0.4 is 10.5 Å². The molecule has 0 saturated heterocycles. The molecule has 2 N–H and O–H groups in total. The second-order valence-electron chi connectivity index (χ2n) is 5.33. The Morgan fingerprint density at radius 1 is 1.33 bits per heavy atom. The van der Waals surface area contributed by atoms with Crippen molar-refractivity contribution in [3.8, 4) is 5.75 Å². The molecule has 0 bridgehead atoms. The first kappa shape index (κ1) is 14.4. The second kappa shape index (κ2) is 6.08. The SMILES string of the molecule is CC(N)c1ccc(F)cc1OCC1Cc2ccccc2S1. The van der Waals surface area contributed by atoms with E-state index in [1.54, 1.807) is 6.07 Å². The molecule has 2 aromatic carbocycles. The van der Waals surface area contributed by atoms with Crippen LogP contribution in [0.25, 0.3) is 0 Å². The van der Waals surface area contributed by atoms with Crippen LogP contribution in [-0.2, 0) is 6.42 Å². The maximum absolute atomic E-state index is 13.4. The highest BCUT2D eigenvalue weighted by atomic mass is 32.2. The fraction of sp³-hybridized carbons (Fsp3) is 0.294. The van der Waals surface area contributed by atoms with E-state index in [9.17, 15) is 4.39 Å². The minimum Gasteiger partial charge on any atom is -0.492 e. The van der Waals surface area contributed by atoms with Crippen molar-refractivity contribution in [3.05, 3.63) is 59.4 Å². The molecule has 4 heteroatoms. The standard InChI is InChI=1S/C17H18FNOS/c1-11(19)15-7-6-13(18)9-16(15)20-10-14-8-12-4-2-3-5-17(12)21-14/h2-7,9,11,14H,8,10,19H2,1H3. The van der Waals surface area contributed by atoms with Crippen molar-refractivity contribution in [1.82, 2.24) is 0 Å². The van der Waals surface area contributed by atoms with Crippen LogP contribution in [0.2, 0.25) is 0 Å². The van der Waals surface area contributed by atoms with Crippen LogP contribution in [0.1, 0.15) is 24.1 Å². The van der Waals surface area contributed by atoms with Crippen LogP contribution in [-0.4, -0.2) is 11.9 Å². The predicted molar refractivity (Wildman–Crippen MR) is 84.3 cm³/mol. The van der Waals surface area contributed by atoms with E-state index >= 15 is 0 Å². The Bertz CT molecular complexity index is 619. The van der Waals surface area contributed by atoms with Crippen molar-refractivity contribution in [2.24, 2.45) is 5.73 Å². The fourth-order valence-electron chi connectivity index (χ4n) is 2.54. The minimum absolute atomic E-state index is 0.172. The van der Waals surface area contributed by atoms with Gasteiger partial charge in [-0.15, -0.1) is 11.8 Å². The maximum Gasteiger partial charge on any atom is 0.127 e. The third-order valence-corrected chi connectivity index (χ3v) is 4.89. The lowest BCUT2D eigenvalue weighted by Gasteiger charge is -2.16. The smallest absolute Gasteiger partial charge is 0.127 e. The molecule has 0 aliphatic carbocycles. The highest BCUT2D eigenvalue weighted by molar-refractivity contribution is 8.00. The van der Waals surface area contributed by atoms with Crippen LogP contribution in [0.5, 0.6) is 5.75 Å². The molecular formula is C17H18FNOS. The number of nitrogens with two attached hydrogens (primary N) is 1. The summed E-state index contributed by atoms with van der Waals surface area (Å²) in [6.45, 7) is 2.43. The zero-order valence-corrected chi connectivity index (χ0v) is 12.7. The van der Waals surface area contributed by atoms with Gasteiger partial charge in [0.25, 0.3) is 0 Å². The Hall–Kier alpha value is -1.52. The van der Waals surface area contributed by atoms with Gasteiger partial charge in [0.05, 0.1) is 0 Å². The van der Waals surface area contributed by atoms with Crippen molar-refractivity contribution in [3.63, 3.8) is 0 Å². The first-order valence-corrected chi connectivity index (χ1v) is 7.94. The van der Waals surface area contributed by atoms with Gasteiger partial charge in [0, 0.05) is 27.8 Å². The molecule has 0 fully saturated rings. The lowest BCUT2D eigenvalue weighted by atomic mass is 10.1. The molecule has 2 atom stereocenters. The fourth-order valence-corrected chi connectivity index (χ4v) is 3.76. The first-order valence-electron chi connectivity index (χ1n) is 7.06. The number of hydrogen-bond donors (Lipinski definition) is 1. The number of rotatable bonds is 4. The molecule has 0 spiro atoms. The van der Waals surface area contributed by atoms with E-state index in [2.05, 4.69) is 24.3 Å². The molecule has 0 amide bonds. The number of ether oxygens (including phenoxy) is 1. The van der Waals surface area contributed by atoms with E-state index in [1.165, 1.54) is 22.6 Å². The number of fused-ring (bicyclic) bond motifs is 1. The summed E-state index contributed by atoms with van der Waals surface area (Å²) < 4.78 is 19.3. The number of halogens is 1. The molecule has 1 aliphatic rings. The molecular weight excluding hydrogens is 285 g/mol. The van der Waals surface area contributed by atoms with Crippen molar-refractivity contribution in [2.75, 3.05) is 6.61 Å².